The van der Waals surface area contributed by atoms with Gasteiger partial charge in [-0.2, -0.15) is 0 Å². The van der Waals surface area contributed by atoms with Crippen LogP contribution in [0.5, 0.6) is 5.75 Å². The van der Waals surface area contributed by atoms with Gasteiger partial charge >= 0.3 is 0 Å². The summed E-state index contributed by atoms with van der Waals surface area (Å²) in [6.45, 7) is 2.00. The summed E-state index contributed by atoms with van der Waals surface area (Å²) in [5, 5.41) is 12.8. The summed E-state index contributed by atoms with van der Waals surface area (Å²) in [7, 11) is 0. The van der Waals surface area contributed by atoms with E-state index in [4.69, 9.17) is 17.3 Å². The van der Waals surface area contributed by atoms with Crippen molar-refractivity contribution in [3.63, 3.8) is 0 Å². The number of nitrogens with one attached hydrogen (secondary N) is 1. The second-order valence-electron chi connectivity index (χ2n) is 4.40. The molecule has 5 heteroatoms. The van der Waals surface area contributed by atoms with E-state index in [-0.39, 0.29) is 11.7 Å². The van der Waals surface area contributed by atoms with Gasteiger partial charge in [0.15, 0.2) is 0 Å². The van der Waals surface area contributed by atoms with Crippen LogP contribution in [0, 0.1) is 0 Å². The van der Waals surface area contributed by atoms with Crippen LogP contribution in [0.3, 0.4) is 0 Å². The van der Waals surface area contributed by atoms with E-state index >= 15 is 0 Å². The highest BCUT2D eigenvalue weighted by Crippen LogP contribution is 2.26. The van der Waals surface area contributed by atoms with E-state index < -0.39 is 0 Å². The summed E-state index contributed by atoms with van der Waals surface area (Å²) in [5.74, 6) is -0.325. The lowest BCUT2D eigenvalue weighted by atomic mass is 10.1. The highest BCUT2D eigenvalue weighted by Gasteiger charge is 2.10. The quantitative estimate of drug-likeness (QED) is 0.599. The number of benzene rings is 2. The average molecular weight is 291 g/mol. The summed E-state index contributed by atoms with van der Waals surface area (Å²) in [5.41, 5.74) is 7.79. The number of aromatic hydroxyl groups is 1. The Morgan fingerprint density at radius 1 is 1.30 bits per heavy atom. The SMILES string of the molecule is CCc1ccc(O)c(NC(=O)c2ccc(Cl)c(N)c2)c1. The number of phenols is 1. The first-order valence-corrected chi connectivity index (χ1v) is 6.57. The highest BCUT2D eigenvalue weighted by atomic mass is 35.5. The van der Waals surface area contributed by atoms with Crippen molar-refractivity contribution in [1.82, 2.24) is 0 Å². The van der Waals surface area contributed by atoms with E-state index in [0.29, 0.717) is 22.0 Å². The molecule has 0 radical (unpaired) electrons. The Bertz CT molecular complexity index is 656. The van der Waals surface area contributed by atoms with Gasteiger partial charge in [0.2, 0.25) is 0 Å². The molecule has 4 nitrogen and oxygen atoms in total. The van der Waals surface area contributed by atoms with Crippen LogP contribution in [0.1, 0.15) is 22.8 Å². The molecular formula is C15H15ClN2O2. The number of anilines is 2. The van der Waals surface area contributed by atoms with Gasteiger partial charge in [0.1, 0.15) is 5.75 Å². The van der Waals surface area contributed by atoms with Crippen LogP contribution in [0.25, 0.3) is 0 Å². The number of hydrogen-bond acceptors (Lipinski definition) is 3. The minimum absolute atomic E-state index is 0.0254. The molecule has 0 aliphatic carbocycles. The number of nitrogen functional groups attached to an aromatic ring is 1. The predicted molar refractivity (Wildman–Crippen MR) is 81.3 cm³/mol. The lowest BCUT2D eigenvalue weighted by molar-refractivity contribution is 0.102. The third kappa shape index (κ3) is 3.03. The monoisotopic (exact) mass is 290 g/mol. The fraction of sp³-hybridized carbons (Fsp3) is 0.133. The van der Waals surface area contributed by atoms with Crippen molar-refractivity contribution in [1.29, 1.82) is 0 Å². The first kappa shape index (κ1) is 14.2. The molecule has 0 fully saturated rings. The smallest absolute Gasteiger partial charge is 0.255 e. The molecule has 0 bridgehead atoms. The molecule has 2 aromatic rings. The predicted octanol–water partition coefficient (Wildman–Crippen LogP) is 3.44. The second kappa shape index (κ2) is 5.84. The number of carbonyl (C=O) groups excluding carboxylic acids is 1. The maximum atomic E-state index is 12.1. The molecule has 2 aromatic carbocycles. The fourth-order valence-electron chi connectivity index (χ4n) is 1.78. The minimum atomic E-state index is -0.350. The molecule has 2 rings (SSSR count). The van der Waals surface area contributed by atoms with Crippen molar-refractivity contribution in [2.75, 3.05) is 11.1 Å². The molecular weight excluding hydrogens is 276 g/mol. The van der Waals surface area contributed by atoms with E-state index in [1.807, 2.05) is 13.0 Å². The molecule has 104 valence electrons. The molecule has 0 heterocycles. The van der Waals surface area contributed by atoms with Crippen LogP contribution in [-0.4, -0.2) is 11.0 Å². The van der Waals surface area contributed by atoms with Gasteiger partial charge in [-0.3, -0.25) is 4.79 Å². The molecule has 0 atom stereocenters. The fourth-order valence-corrected chi connectivity index (χ4v) is 1.90. The summed E-state index contributed by atoms with van der Waals surface area (Å²) in [6, 6.07) is 9.75. The third-order valence-corrected chi connectivity index (χ3v) is 3.32. The molecule has 0 aliphatic rings. The van der Waals surface area contributed by atoms with Crippen LogP contribution in [-0.2, 0) is 6.42 Å². The molecule has 1 amide bonds. The second-order valence-corrected chi connectivity index (χ2v) is 4.80. The molecule has 0 unspecified atom stereocenters. The average Bonchev–Trinajstić information content (AvgIpc) is 2.44. The van der Waals surface area contributed by atoms with E-state index in [0.717, 1.165) is 12.0 Å². The molecule has 0 aliphatic heterocycles. The van der Waals surface area contributed by atoms with Crippen LogP contribution in [0.4, 0.5) is 11.4 Å². The number of halogens is 1. The normalized spacial score (nSPS) is 10.3. The van der Waals surface area contributed by atoms with E-state index in [2.05, 4.69) is 5.32 Å². The van der Waals surface area contributed by atoms with Gasteiger partial charge in [0.25, 0.3) is 5.91 Å². The number of nitrogens with two attached hydrogens (primary N) is 1. The number of rotatable bonds is 3. The molecule has 4 N–H and O–H groups in total. The zero-order valence-corrected chi connectivity index (χ0v) is 11.7. The Labute approximate surface area is 122 Å². The lowest BCUT2D eigenvalue weighted by Crippen LogP contribution is -2.12. The standard InChI is InChI=1S/C15H15ClN2O2/c1-2-9-3-6-14(19)13(7-9)18-15(20)10-4-5-11(16)12(17)8-10/h3-8,19H,2,17H2,1H3,(H,18,20). The van der Waals surface area contributed by atoms with Crippen molar-refractivity contribution in [3.05, 3.63) is 52.5 Å². The summed E-state index contributed by atoms with van der Waals surface area (Å²) >= 11 is 5.81. The lowest BCUT2D eigenvalue weighted by Gasteiger charge is -2.09. The van der Waals surface area contributed by atoms with Crippen LogP contribution >= 0.6 is 11.6 Å². The Balaban J connectivity index is 2.25. The van der Waals surface area contributed by atoms with Gasteiger partial charge in [-0.15, -0.1) is 0 Å². The maximum Gasteiger partial charge on any atom is 0.255 e. The van der Waals surface area contributed by atoms with Crippen molar-refractivity contribution >= 4 is 28.9 Å². The molecule has 20 heavy (non-hydrogen) atoms. The minimum Gasteiger partial charge on any atom is -0.506 e. The van der Waals surface area contributed by atoms with Crippen LogP contribution < -0.4 is 11.1 Å². The Morgan fingerprint density at radius 2 is 2.05 bits per heavy atom. The number of amides is 1. The third-order valence-electron chi connectivity index (χ3n) is 2.98. The van der Waals surface area contributed by atoms with Gasteiger partial charge < -0.3 is 16.2 Å². The number of hydrogen-bond donors (Lipinski definition) is 3. The molecule has 0 saturated carbocycles. The van der Waals surface area contributed by atoms with Crippen molar-refractivity contribution < 1.29 is 9.90 Å². The highest BCUT2D eigenvalue weighted by molar-refractivity contribution is 6.33. The van der Waals surface area contributed by atoms with E-state index in [9.17, 15) is 9.90 Å². The van der Waals surface area contributed by atoms with Gasteiger partial charge in [-0.25, -0.2) is 0 Å². The Hall–Kier alpha value is -2.20. The van der Waals surface area contributed by atoms with Gasteiger partial charge in [0.05, 0.1) is 16.4 Å². The first-order chi connectivity index (χ1) is 9.51. The largest absolute Gasteiger partial charge is 0.506 e. The van der Waals surface area contributed by atoms with Gasteiger partial charge in [-0.05, 0) is 42.3 Å². The zero-order chi connectivity index (χ0) is 14.7. The number of phenolic OH excluding ortho intramolecular Hbond substituents is 1. The van der Waals surface area contributed by atoms with Crippen molar-refractivity contribution in [2.45, 2.75) is 13.3 Å². The van der Waals surface area contributed by atoms with Crippen molar-refractivity contribution in [2.24, 2.45) is 0 Å². The topological polar surface area (TPSA) is 75.3 Å². The van der Waals surface area contributed by atoms with Gasteiger partial charge in [0, 0.05) is 5.56 Å². The maximum absolute atomic E-state index is 12.1. The van der Waals surface area contributed by atoms with E-state index in [1.54, 1.807) is 24.3 Å². The Kier molecular flexibility index (Phi) is 4.15. The molecule has 0 aromatic heterocycles. The number of aryl methyl sites for hydroxylation is 1. The summed E-state index contributed by atoms with van der Waals surface area (Å²) in [4.78, 5) is 12.1. The Morgan fingerprint density at radius 3 is 2.70 bits per heavy atom. The number of carbonyl (C=O) groups is 1. The molecule has 0 saturated heterocycles. The van der Waals surface area contributed by atoms with Crippen LogP contribution in [0.15, 0.2) is 36.4 Å². The zero-order valence-electron chi connectivity index (χ0n) is 11.0. The molecule has 0 spiro atoms. The first-order valence-electron chi connectivity index (χ1n) is 6.19. The van der Waals surface area contributed by atoms with Crippen LogP contribution in [0.2, 0.25) is 5.02 Å². The summed E-state index contributed by atoms with van der Waals surface area (Å²) < 4.78 is 0. The summed E-state index contributed by atoms with van der Waals surface area (Å²) in [6.07, 6.45) is 0.817. The van der Waals surface area contributed by atoms with Crippen molar-refractivity contribution in [3.8, 4) is 5.75 Å². The van der Waals surface area contributed by atoms with E-state index in [1.165, 1.54) is 6.07 Å². The van der Waals surface area contributed by atoms with Gasteiger partial charge in [-0.1, -0.05) is 24.6 Å².